The van der Waals surface area contributed by atoms with E-state index in [0.29, 0.717) is 13.1 Å². The lowest BCUT2D eigenvalue weighted by Crippen LogP contribution is -2.16. The second kappa shape index (κ2) is 6.45. The highest BCUT2D eigenvalue weighted by molar-refractivity contribution is 5.91. The average molecular weight is 373 g/mol. The molecule has 4 heterocycles. The molecule has 4 aromatic heterocycles. The topological polar surface area (TPSA) is 97.9 Å². The van der Waals surface area contributed by atoms with Crippen LogP contribution in [0.4, 0.5) is 11.6 Å². The molecule has 28 heavy (non-hydrogen) atoms. The third-order valence-electron chi connectivity index (χ3n) is 4.67. The van der Waals surface area contributed by atoms with Gasteiger partial charge in [-0.1, -0.05) is 12.1 Å². The van der Waals surface area contributed by atoms with Gasteiger partial charge >= 0.3 is 0 Å². The summed E-state index contributed by atoms with van der Waals surface area (Å²) >= 11 is 0. The summed E-state index contributed by atoms with van der Waals surface area (Å²) in [6.07, 6.45) is 3.32. The summed E-state index contributed by atoms with van der Waals surface area (Å²) in [4.78, 5) is 13.3. The van der Waals surface area contributed by atoms with Crippen molar-refractivity contribution >= 4 is 39.2 Å². The first kappa shape index (κ1) is 16.4. The van der Waals surface area contributed by atoms with E-state index in [0.717, 1.165) is 44.9 Å². The van der Waals surface area contributed by atoms with E-state index in [9.17, 15) is 0 Å². The van der Waals surface area contributed by atoms with Crippen molar-refractivity contribution in [2.24, 2.45) is 7.05 Å². The molecule has 9 heteroatoms. The number of hydrogen-bond acceptors (Lipinski definition) is 7. The lowest BCUT2D eigenvalue weighted by molar-refractivity contribution is 0.785. The molecule has 0 spiro atoms. The number of nitrogens with zero attached hydrogens (tertiary/aromatic N) is 7. The van der Waals surface area contributed by atoms with Crippen molar-refractivity contribution in [2.75, 3.05) is 23.7 Å². The van der Waals surface area contributed by atoms with Crippen molar-refractivity contribution < 1.29 is 0 Å². The Kier molecular flexibility index (Phi) is 3.78. The molecule has 0 bridgehead atoms. The van der Waals surface area contributed by atoms with Crippen LogP contribution in [-0.2, 0) is 7.05 Å². The van der Waals surface area contributed by atoms with Gasteiger partial charge in [0.2, 0.25) is 0 Å². The molecule has 0 radical (unpaired) electrons. The van der Waals surface area contributed by atoms with Crippen LogP contribution in [-0.4, -0.2) is 47.4 Å². The number of aromatic nitrogens is 7. The Balaban J connectivity index is 1.37. The van der Waals surface area contributed by atoms with E-state index in [1.807, 2.05) is 36.7 Å². The Morgan fingerprint density at radius 1 is 1.00 bits per heavy atom. The van der Waals surface area contributed by atoms with Crippen molar-refractivity contribution in [3.05, 3.63) is 48.5 Å². The van der Waals surface area contributed by atoms with E-state index in [1.54, 1.807) is 17.2 Å². The number of nitrogens with one attached hydrogen (secondary N) is 2. The maximum atomic E-state index is 4.74. The quantitative estimate of drug-likeness (QED) is 0.457. The van der Waals surface area contributed by atoms with E-state index >= 15 is 0 Å². The predicted molar refractivity (Wildman–Crippen MR) is 109 cm³/mol. The first-order valence-electron chi connectivity index (χ1n) is 9.06. The van der Waals surface area contributed by atoms with Crippen molar-refractivity contribution in [2.45, 2.75) is 6.92 Å². The fourth-order valence-electron chi connectivity index (χ4n) is 3.38. The second-order valence-electron chi connectivity index (χ2n) is 6.61. The van der Waals surface area contributed by atoms with Crippen molar-refractivity contribution in [1.82, 2.24) is 34.3 Å². The molecular formula is C19H19N9. The van der Waals surface area contributed by atoms with Crippen molar-refractivity contribution in [1.29, 1.82) is 0 Å². The summed E-state index contributed by atoms with van der Waals surface area (Å²) in [5, 5.41) is 17.5. The van der Waals surface area contributed by atoms with Crippen LogP contribution in [0.1, 0.15) is 5.69 Å². The normalized spacial score (nSPS) is 11.5. The molecule has 0 saturated carbocycles. The summed E-state index contributed by atoms with van der Waals surface area (Å²) in [7, 11) is 1.87. The number of para-hydroxylation sites is 1. The molecule has 0 aliphatic heterocycles. The first-order chi connectivity index (χ1) is 13.7. The van der Waals surface area contributed by atoms with Gasteiger partial charge in [-0.2, -0.15) is 10.2 Å². The third-order valence-corrected chi connectivity index (χ3v) is 4.67. The monoisotopic (exact) mass is 373 g/mol. The number of anilines is 2. The van der Waals surface area contributed by atoms with Crippen LogP contribution in [0.5, 0.6) is 0 Å². The predicted octanol–water partition coefficient (Wildman–Crippen LogP) is 2.39. The van der Waals surface area contributed by atoms with Gasteiger partial charge in [0.05, 0.1) is 22.8 Å². The van der Waals surface area contributed by atoms with E-state index < -0.39 is 0 Å². The summed E-state index contributed by atoms with van der Waals surface area (Å²) < 4.78 is 3.62. The van der Waals surface area contributed by atoms with Crippen LogP contribution in [0.15, 0.2) is 42.9 Å². The van der Waals surface area contributed by atoms with E-state index in [-0.39, 0.29) is 0 Å². The van der Waals surface area contributed by atoms with Gasteiger partial charge < -0.3 is 10.6 Å². The Bertz CT molecular complexity index is 1300. The summed E-state index contributed by atoms with van der Waals surface area (Å²) in [6, 6.07) is 10.1. The van der Waals surface area contributed by atoms with Gasteiger partial charge in [0.15, 0.2) is 11.3 Å². The lowest BCUT2D eigenvalue weighted by atomic mass is 10.2. The van der Waals surface area contributed by atoms with Crippen molar-refractivity contribution in [3.8, 4) is 0 Å². The maximum Gasteiger partial charge on any atom is 0.163 e. The molecule has 1 aromatic carbocycles. The van der Waals surface area contributed by atoms with Crippen molar-refractivity contribution in [3.63, 3.8) is 0 Å². The molecule has 9 nitrogen and oxygen atoms in total. The SMILES string of the molecule is Cc1cc2nc(NCCNc3ncnc4c3cnn4C)c3ccccc3n2n1. The van der Waals surface area contributed by atoms with Crippen LogP contribution >= 0.6 is 0 Å². The fraction of sp³-hybridized carbons (Fsp3) is 0.211. The number of rotatable bonds is 5. The maximum absolute atomic E-state index is 4.74. The largest absolute Gasteiger partial charge is 0.368 e. The van der Waals surface area contributed by atoms with E-state index in [2.05, 4.69) is 42.9 Å². The molecule has 0 fully saturated rings. The molecule has 2 N–H and O–H groups in total. The zero-order valence-corrected chi connectivity index (χ0v) is 15.6. The van der Waals surface area contributed by atoms with Gasteiger partial charge in [-0.15, -0.1) is 0 Å². The molecule has 0 amide bonds. The average Bonchev–Trinajstić information content (AvgIpc) is 3.28. The molecule has 5 rings (SSSR count). The van der Waals surface area contributed by atoms with Crippen LogP contribution in [0.3, 0.4) is 0 Å². The molecule has 0 saturated heterocycles. The highest BCUT2D eigenvalue weighted by Gasteiger charge is 2.10. The zero-order valence-electron chi connectivity index (χ0n) is 15.6. The number of benzene rings is 1. The number of aryl methyl sites for hydroxylation is 2. The van der Waals surface area contributed by atoms with E-state index in [1.165, 1.54) is 0 Å². The van der Waals surface area contributed by atoms with Gasteiger partial charge in [0, 0.05) is 31.6 Å². The second-order valence-corrected chi connectivity index (χ2v) is 6.61. The molecule has 0 unspecified atom stereocenters. The van der Waals surface area contributed by atoms with E-state index in [4.69, 9.17) is 4.98 Å². The van der Waals surface area contributed by atoms with Gasteiger partial charge in [-0.3, -0.25) is 4.68 Å². The van der Waals surface area contributed by atoms with Crippen LogP contribution in [0, 0.1) is 6.92 Å². The first-order valence-corrected chi connectivity index (χ1v) is 9.06. The van der Waals surface area contributed by atoms with Gasteiger partial charge in [0.25, 0.3) is 0 Å². The third kappa shape index (κ3) is 2.68. The van der Waals surface area contributed by atoms with Gasteiger partial charge in [-0.25, -0.2) is 19.5 Å². The fourth-order valence-corrected chi connectivity index (χ4v) is 3.38. The molecule has 5 aromatic rings. The Morgan fingerprint density at radius 3 is 2.71 bits per heavy atom. The van der Waals surface area contributed by atoms with Crippen LogP contribution in [0.25, 0.3) is 27.6 Å². The van der Waals surface area contributed by atoms with Gasteiger partial charge in [-0.05, 0) is 19.1 Å². The lowest BCUT2D eigenvalue weighted by Gasteiger charge is -2.11. The standard InChI is InChI=1S/C19H19N9/c1-12-9-16-25-18(13-5-3-4-6-15(13)28(16)26-12)21-8-7-20-17-14-10-24-27(2)19(14)23-11-22-17/h3-6,9-11H,7-8H2,1-2H3,(H,21,25)(H,20,22,23). The molecule has 0 aliphatic carbocycles. The van der Waals surface area contributed by atoms with Crippen LogP contribution in [0.2, 0.25) is 0 Å². The molecule has 0 atom stereocenters. The highest BCUT2D eigenvalue weighted by atomic mass is 15.3. The zero-order chi connectivity index (χ0) is 19.1. The highest BCUT2D eigenvalue weighted by Crippen LogP contribution is 2.23. The smallest absolute Gasteiger partial charge is 0.163 e. The molecular weight excluding hydrogens is 354 g/mol. The van der Waals surface area contributed by atoms with Crippen LogP contribution < -0.4 is 10.6 Å². The Labute approximate surface area is 160 Å². The Hall–Kier alpha value is -3.75. The summed E-state index contributed by atoms with van der Waals surface area (Å²) in [6.45, 7) is 3.34. The number of fused-ring (bicyclic) bond motifs is 4. The Morgan fingerprint density at radius 2 is 1.82 bits per heavy atom. The minimum Gasteiger partial charge on any atom is -0.368 e. The van der Waals surface area contributed by atoms with Gasteiger partial charge in [0.1, 0.15) is 18.0 Å². The summed E-state index contributed by atoms with van der Waals surface area (Å²) in [5.41, 5.74) is 3.61. The minimum atomic E-state index is 0.681. The molecule has 0 aliphatic rings. The minimum absolute atomic E-state index is 0.681. The summed E-state index contributed by atoms with van der Waals surface area (Å²) in [5.74, 6) is 1.62. The number of hydrogen-bond donors (Lipinski definition) is 2. The molecule has 140 valence electrons.